The third-order valence-corrected chi connectivity index (χ3v) is 13.0. The Kier molecular flexibility index (Phi) is 27.7. The van der Waals surface area contributed by atoms with Crippen LogP contribution < -0.4 is 0 Å². The van der Waals surface area contributed by atoms with Crippen LogP contribution in [0, 0.1) is 0 Å². The van der Waals surface area contributed by atoms with Gasteiger partial charge in [0.2, 0.25) is 0 Å². The van der Waals surface area contributed by atoms with Gasteiger partial charge in [-0.2, -0.15) is 0 Å². The molecule has 0 amide bonds. The van der Waals surface area contributed by atoms with E-state index >= 15 is 0 Å². The molecular weight excluding hydrogens is 1200 g/mol. The molecule has 4 heterocycles. The Labute approximate surface area is 500 Å². The second-order valence-electron chi connectivity index (χ2n) is 19.5. The number of carbonyl (C=O) groups excluding carboxylic acids is 14. The van der Waals surface area contributed by atoms with Gasteiger partial charge in [-0.05, 0) is 0 Å². The first-order valence-corrected chi connectivity index (χ1v) is 27.4. The quantitative estimate of drug-likeness (QED) is 0.0822. The number of carbonyl (C=O) groups is 14. The van der Waals surface area contributed by atoms with Crippen LogP contribution in [-0.2, 0) is 162 Å². The summed E-state index contributed by atoms with van der Waals surface area (Å²) in [5, 5.41) is -0.585. The van der Waals surface area contributed by atoms with Gasteiger partial charge in [0.25, 0.3) is 0 Å². The fraction of sp³-hybridized carbons (Fsp3) is 0.731. The lowest BCUT2D eigenvalue weighted by molar-refractivity contribution is -0.385. The predicted molar refractivity (Wildman–Crippen MR) is 274 cm³/mol. The number of hydrogen-bond acceptors (Lipinski definition) is 35. The molecule has 4 aliphatic rings. The first kappa shape index (κ1) is 72.3. The molecule has 34 nitrogen and oxygen atoms in total. The highest BCUT2D eigenvalue weighted by molar-refractivity contribution is 8.14. The molecule has 0 aromatic carbocycles. The SMILES string of the molecule is CC(=O)OCC1OC(OC2C(COC(C)=O)OC(OC3C(COC(C)=O)OC(OC4C(COC(C)=O)OC(SC(C)=O)C(OC(C)=O)C4OC(C)=O)C(OC(C)=O)C3OC(C)=O)C(OC(C)=O)C2OC(C)=O)C(OC(C)=O)C(OC(C)=O)C1OC(C)=O. The fourth-order valence-electron chi connectivity index (χ4n) is 9.30. The van der Waals surface area contributed by atoms with Crippen LogP contribution in [0.15, 0.2) is 0 Å². The van der Waals surface area contributed by atoms with E-state index in [1.165, 1.54) is 0 Å². The Morgan fingerprint density at radius 2 is 0.460 bits per heavy atom. The minimum atomic E-state index is -2.22. The second-order valence-corrected chi connectivity index (χ2v) is 20.7. The van der Waals surface area contributed by atoms with Gasteiger partial charge in [0.1, 0.15) is 69.2 Å². The van der Waals surface area contributed by atoms with E-state index in [1.807, 2.05) is 0 Å². The molecule has 4 rings (SSSR count). The lowest BCUT2D eigenvalue weighted by atomic mass is 9.94. The highest BCUT2D eigenvalue weighted by Gasteiger charge is 2.62. The molecule has 4 saturated heterocycles. The summed E-state index contributed by atoms with van der Waals surface area (Å²) < 4.78 is 116. The molecule has 0 N–H and O–H groups in total. The second kappa shape index (κ2) is 33.3. The van der Waals surface area contributed by atoms with Crippen molar-refractivity contribution < 1.29 is 162 Å². The van der Waals surface area contributed by atoms with E-state index < -0.39 is 231 Å². The molecular formula is C52H70O34S. The lowest BCUT2D eigenvalue weighted by Crippen LogP contribution is -2.69. The number of hydrogen-bond donors (Lipinski definition) is 0. The fourth-order valence-corrected chi connectivity index (χ4v) is 10.2. The Morgan fingerprint density at radius 3 is 0.713 bits per heavy atom. The van der Waals surface area contributed by atoms with Gasteiger partial charge in [-0.25, -0.2) is 0 Å². The average Bonchev–Trinajstić information content (AvgIpc) is 0.842. The van der Waals surface area contributed by atoms with Crippen molar-refractivity contribution in [3.05, 3.63) is 0 Å². The summed E-state index contributed by atoms with van der Waals surface area (Å²) >= 11 is 0.491. The summed E-state index contributed by atoms with van der Waals surface area (Å²) in [7, 11) is 0. The van der Waals surface area contributed by atoms with Crippen molar-refractivity contribution in [2.45, 2.75) is 219 Å². The summed E-state index contributed by atoms with van der Waals surface area (Å²) in [5.41, 5.74) is -1.48. The first-order chi connectivity index (χ1) is 40.6. The van der Waals surface area contributed by atoms with E-state index in [0.29, 0.717) is 11.8 Å². The van der Waals surface area contributed by atoms with Crippen LogP contribution in [0.4, 0.5) is 0 Å². The van der Waals surface area contributed by atoms with Crippen molar-refractivity contribution in [1.82, 2.24) is 0 Å². The van der Waals surface area contributed by atoms with Crippen LogP contribution >= 0.6 is 11.8 Å². The van der Waals surface area contributed by atoms with E-state index in [1.54, 1.807) is 0 Å². The normalized spacial score (nSPS) is 31.9. The highest BCUT2D eigenvalue weighted by atomic mass is 32.2. The maximum absolute atomic E-state index is 13.3. The van der Waals surface area contributed by atoms with Gasteiger partial charge in [0.05, 0.1) is 0 Å². The molecule has 35 heteroatoms. The molecule has 0 saturated carbocycles. The molecule has 0 radical (unpaired) electrons. The van der Waals surface area contributed by atoms with Crippen LogP contribution in [-0.4, -0.2) is 231 Å². The van der Waals surface area contributed by atoms with Crippen LogP contribution in [0.5, 0.6) is 0 Å². The topological polar surface area (TPSA) is 424 Å². The minimum Gasteiger partial charge on any atom is -0.463 e. The van der Waals surface area contributed by atoms with Crippen molar-refractivity contribution in [2.75, 3.05) is 26.4 Å². The standard InChI is InChI=1S/C52H70O34S/c1-19(53)67-15-33-37(71-23(5)57)41(72-24(6)58)45(76-28(10)62)49(80-33)84-38-34(16-68-20(2)54)81-50(46(77-29(11)63)42(38)73-25(7)59)85-39-35(17-69-21(3)55)82-51(47(78-30(12)64)43(39)74-26(8)60)86-40-36(18-70-22(4)56)83-52(87-32(14)66)48(79-31(13)65)44(40)75-27(9)61/h33-52H,15-18H2,1-14H3. The molecule has 0 aliphatic carbocycles. The molecule has 0 spiro atoms. The third-order valence-electron chi connectivity index (χ3n) is 12.0. The molecule has 488 valence electrons. The van der Waals surface area contributed by atoms with E-state index in [2.05, 4.69) is 0 Å². The Balaban J connectivity index is 1.99. The Hall–Kier alpha value is -7.15. The monoisotopic (exact) mass is 1270 g/mol. The van der Waals surface area contributed by atoms with Gasteiger partial charge in [-0.3, -0.25) is 67.1 Å². The number of rotatable bonds is 24. The van der Waals surface area contributed by atoms with E-state index in [0.717, 1.165) is 96.9 Å². The zero-order chi connectivity index (χ0) is 65.3. The zero-order valence-corrected chi connectivity index (χ0v) is 50.5. The maximum atomic E-state index is 13.3. The average molecular weight is 1270 g/mol. The van der Waals surface area contributed by atoms with E-state index in [9.17, 15) is 67.1 Å². The van der Waals surface area contributed by atoms with Crippen LogP contribution in [0.25, 0.3) is 0 Å². The molecule has 0 bridgehead atoms. The molecule has 20 atom stereocenters. The summed E-state index contributed by atoms with van der Waals surface area (Å²) in [6.45, 7) is 10.2. The van der Waals surface area contributed by atoms with Crippen molar-refractivity contribution in [1.29, 1.82) is 0 Å². The molecule has 87 heavy (non-hydrogen) atoms. The number of thioether (sulfide) groups is 1. The predicted octanol–water partition coefficient (Wildman–Crippen LogP) is -1.04. The largest absolute Gasteiger partial charge is 0.463 e. The molecule has 4 fully saturated rings. The summed E-state index contributed by atoms with van der Waals surface area (Å²) in [6, 6.07) is 0. The van der Waals surface area contributed by atoms with Gasteiger partial charge in [-0.15, -0.1) is 0 Å². The van der Waals surface area contributed by atoms with E-state index in [-0.39, 0.29) is 0 Å². The van der Waals surface area contributed by atoms with Gasteiger partial charge < -0.3 is 94.7 Å². The Morgan fingerprint density at radius 1 is 0.253 bits per heavy atom. The highest BCUT2D eigenvalue weighted by Crippen LogP contribution is 2.41. The van der Waals surface area contributed by atoms with Gasteiger partial charge in [0.15, 0.2) is 84.4 Å². The van der Waals surface area contributed by atoms with Gasteiger partial charge in [-0.1, -0.05) is 11.8 Å². The Bertz CT molecular complexity index is 2540. The minimum absolute atomic E-state index is 0.491. The van der Waals surface area contributed by atoms with Gasteiger partial charge >= 0.3 is 77.6 Å². The molecule has 0 aromatic rings. The van der Waals surface area contributed by atoms with Crippen molar-refractivity contribution >= 4 is 94.5 Å². The van der Waals surface area contributed by atoms with Crippen molar-refractivity contribution in [3.8, 4) is 0 Å². The molecule has 20 unspecified atom stereocenters. The number of esters is 13. The van der Waals surface area contributed by atoms with Crippen LogP contribution in [0.3, 0.4) is 0 Å². The summed E-state index contributed by atoms with van der Waals surface area (Å²) in [5.74, 6) is -13.4. The maximum Gasteiger partial charge on any atom is 0.303 e. The third kappa shape index (κ3) is 22.2. The first-order valence-electron chi connectivity index (χ1n) is 26.5. The zero-order valence-electron chi connectivity index (χ0n) is 49.7. The van der Waals surface area contributed by atoms with Crippen molar-refractivity contribution in [3.63, 3.8) is 0 Å². The molecule has 0 aromatic heterocycles. The number of ether oxygens (including phenoxy) is 20. The van der Waals surface area contributed by atoms with E-state index in [4.69, 9.17) is 94.7 Å². The molecule has 4 aliphatic heterocycles. The van der Waals surface area contributed by atoms with Crippen LogP contribution in [0.2, 0.25) is 0 Å². The van der Waals surface area contributed by atoms with Crippen molar-refractivity contribution in [2.24, 2.45) is 0 Å². The lowest BCUT2D eigenvalue weighted by Gasteiger charge is -2.51. The smallest absolute Gasteiger partial charge is 0.303 e. The summed E-state index contributed by atoms with van der Waals surface area (Å²) in [6.07, 6.45) is -36.6. The van der Waals surface area contributed by atoms with Gasteiger partial charge in [0, 0.05) is 96.9 Å². The van der Waals surface area contributed by atoms with Crippen LogP contribution in [0.1, 0.15) is 96.9 Å². The summed E-state index contributed by atoms with van der Waals surface area (Å²) in [4.78, 5) is 179.